The largest absolute Gasteiger partial charge is 0.454 e. The van der Waals surface area contributed by atoms with E-state index in [9.17, 15) is 0 Å². The molecule has 0 bridgehead atoms. The van der Waals surface area contributed by atoms with Crippen LogP contribution < -0.4 is 14.3 Å². The first kappa shape index (κ1) is 16.6. The van der Waals surface area contributed by atoms with Gasteiger partial charge in [0.2, 0.25) is 11.6 Å². The highest BCUT2D eigenvalue weighted by molar-refractivity contribution is 7.07. The number of rotatable bonds is 4. The molecule has 0 aliphatic carbocycles. The van der Waals surface area contributed by atoms with E-state index in [1.54, 1.807) is 11.3 Å². The van der Waals surface area contributed by atoms with E-state index in [0.717, 1.165) is 33.1 Å². The van der Waals surface area contributed by atoms with Gasteiger partial charge < -0.3 is 9.47 Å². The van der Waals surface area contributed by atoms with Gasteiger partial charge in [-0.25, -0.2) is 4.68 Å². The molecule has 0 amide bonds. The molecule has 4 rings (SSSR count). The zero-order valence-electron chi connectivity index (χ0n) is 14.7. The Kier molecular flexibility index (Phi) is 4.58. The zero-order valence-corrected chi connectivity index (χ0v) is 15.5. The van der Waals surface area contributed by atoms with E-state index in [1.165, 1.54) is 5.56 Å². The lowest BCUT2D eigenvalue weighted by molar-refractivity contribution is 0.174. The van der Waals surface area contributed by atoms with Gasteiger partial charge in [-0.15, -0.1) is 11.3 Å². The minimum atomic E-state index is 0.270. The fourth-order valence-corrected chi connectivity index (χ4v) is 3.60. The minimum Gasteiger partial charge on any atom is -0.454 e. The summed E-state index contributed by atoms with van der Waals surface area (Å²) < 4.78 is 12.7. The zero-order chi connectivity index (χ0) is 17.9. The van der Waals surface area contributed by atoms with Gasteiger partial charge in [0, 0.05) is 17.5 Å². The van der Waals surface area contributed by atoms with Gasteiger partial charge in [0.25, 0.3) is 0 Å². The molecule has 0 fully saturated rings. The second kappa shape index (κ2) is 7.17. The number of benzene rings is 2. The predicted molar refractivity (Wildman–Crippen MR) is 104 cm³/mol. The lowest BCUT2D eigenvalue weighted by atomic mass is 10.1. The number of fused-ring (bicyclic) bond motifs is 1. The maximum atomic E-state index is 5.44. The second-order valence-corrected chi connectivity index (χ2v) is 6.75. The monoisotopic (exact) mass is 365 g/mol. The molecule has 0 saturated carbocycles. The summed E-state index contributed by atoms with van der Waals surface area (Å²) in [5, 5.41) is 6.78. The van der Waals surface area contributed by atoms with Gasteiger partial charge in [-0.3, -0.25) is 4.99 Å². The third-order valence-electron chi connectivity index (χ3n) is 4.04. The summed E-state index contributed by atoms with van der Waals surface area (Å²) in [5.74, 6) is 1.52. The van der Waals surface area contributed by atoms with Crippen molar-refractivity contribution < 1.29 is 9.47 Å². The number of hydrogen-bond donors (Lipinski definition) is 0. The molecule has 26 heavy (non-hydrogen) atoms. The number of aromatic nitrogens is 1. The molecule has 5 nitrogen and oxygen atoms in total. The Balaban J connectivity index is 1.73. The lowest BCUT2D eigenvalue weighted by Crippen LogP contribution is -2.12. The van der Waals surface area contributed by atoms with E-state index in [2.05, 4.69) is 41.6 Å². The molecule has 3 aromatic rings. The van der Waals surface area contributed by atoms with Gasteiger partial charge in [0.1, 0.15) is 0 Å². The minimum absolute atomic E-state index is 0.270. The number of aryl methyl sites for hydroxylation is 1. The van der Waals surface area contributed by atoms with Crippen molar-refractivity contribution in [3.8, 4) is 22.8 Å². The molecule has 132 valence electrons. The van der Waals surface area contributed by atoms with Crippen molar-refractivity contribution in [2.75, 3.05) is 13.3 Å². The summed E-state index contributed by atoms with van der Waals surface area (Å²) in [6.07, 6.45) is 1.82. The summed E-state index contributed by atoms with van der Waals surface area (Å²) >= 11 is 1.59. The first-order valence-corrected chi connectivity index (χ1v) is 9.34. The van der Waals surface area contributed by atoms with Crippen molar-refractivity contribution in [2.45, 2.75) is 13.8 Å². The fraction of sp³-hybridized carbons (Fsp3) is 0.200. The van der Waals surface area contributed by atoms with Crippen molar-refractivity contribution in [3.05, 3.63) is 63.8 Å². The van der Waals surface area contributed by atoms with Crippen LogP contribution in [0.3, 0.4) is 0 Å². The molecular weight excluding hydrogens is 346 g/mol. The first-order valence-electron chi connectivity index (χ1n) is 8.46. The fourth-order valence-electron chi connectivity index (χ4n) is 2.69. The molecule has 0 N–H and O–H groups in total. The van der Waals surface area contributed by atoms with Crippen LogP contribution >= 0.6 is 11.3 Å². The summed E-state index contributed by atoms with van der Waals surface area (Å²) in [7, 11) is 0. The van der Waals surface area contributed by atoms with Gasteiger partial charge in [0.15, 0.2) is 11.5 Å². The van der Waals surface area contributed by atoms with Gasteiger partial charge in [-0.1, -0.05) is 29.8 Å². The Bertz CT molecular complexity index is 1020. The molecule has 6 heteroatoms. The molecule has 1 aliphatic rings. The van der Waals surface area contributed by atoms with Gasteiger partial charge in [-0.2, -0.15) is 5.10 Å². The molecule has 0 spiro atoms. The van der Waals surface area contributed by atoms with Crippen LogP contribution in [0.1, 0.15) is 18.1 Å². The maximum Gasteiger partial charge on any atom is 0.231 e. The first-order chi connectivity index (χ1) is 12.7. The Hall–Kier alpha value is -2.86. The van der Waals surface area contributed by atoms with Crippen molar-refractivity contribution in [3.63, 3.8) is 0 Å². The molecule has 1 aliphatic heterocycles. The van der Waals surface area contributed by atoms with Gasteiger partial charge in [0.05, 0.1) is 11.9 Å². The Morgan fingerprint density at radius 2 is 1.92 bits per heavy atom. The molecule has 2 aromatic carbocycles. The topological polar surface area (TPSA) is 48.1 Å². The molecule has 0 radical (unpaired) electrons. The molecular formula is C20H19N3O2S. The standard InChI is InChI=1S/C20H19N3O2S/c1-3-21-20-23(17(12-26-20)16-7-4-14(2)5-8-16)22-11-15-6-9-18-19(10-15)25-13-24-18/h4-12H,3,13H2,1-2H3. The maximum absolute atomic E-state index is 5.44. The van der Waals surface area contributed by atoms with E-state index in [0.29, 0.717) is 6.54 Å². The van der Waals surface area contributed by atoms with E-state index in [1.807, 2.05) is 36.0 Å². The normalized spacial score (nSPS) is 13.7. The summed E-state index contributed by atoms with van der Waals surface area (Å²) in [6.45, 7) is 5.10. The number of nitrogens with zero attached hydrogens (tertiary/aromatic N) is 3. The highest BCUT2D eigenvalue weighted by atomic mass is 32.1. The Morgan fingerprint density at radius 3 is 2.73 bits per heavy atom. The van der Waals surface area contributed by atoms with Crippen LogP contribution in [0, 0.1) is 6.92 Å². The quantitative estimate of drug-likeness (QED) is 0.655. The molecule has 1 aromatic heterocycles. The molecule has 2 heterocycles. The van der Waals surface area contributed by atoms with Crippen molar-refractivity contribution in [1.82, 2.24) is 4.68 Å². The van der Waals surface area contributed by atoms with Crippen LogP contribution in [-0.4, -0.2) is 24.2 Å². The van der Waals surface area contributed by atoms with E-state index < -0.39 is 0 Å². The van der Waals surface area contributed by atoms with Crippen LogP contribution in [0.25, 0.3) is 11.3 Å². The Labute approximate surface area is 155 Å². The van der Waals surface area contributed by atoms with Crippen molar-refractivity contribution in [2.24, 2.45) is 10.1 Å². The van der Waals surface area contributed by atoms with E-state index >= 15 is 0 Å². The average Bonchev–Trinajstić information content (AvgIpc) is 3.27. The lowest BCUT2D eigenvalue weighted by Gasteiger charge is -2.04. The van der Waals surface area contributed by atoms with Crippen molar-refractivity contribution in [1.29, 1.82) is 0 Å². The smallest absolute Gasteiger partial charge is 0.231 e. The highest BCUT2D eigenvalue weighted by Gasteiger charge is 2.13. The van der Waals surface area contributed by atoms with Gasteiger partial charge in [-0.05, 0) is 37.6 Å². The summed E-state index contributed by atoms with van der Waals surface area (Å²) in [6, 6.07) is 14.2. The molecule has 0 unspecified atom stereocenters. The Morgan fingerprint density at radius 1 is 1.12 bits per heavy atom. The highest BCUT2D eigenvalue weighted by Crippen LogP contribution is 2.32. The van der Waals surface area contributed by atoms with E-state index in [4.69, 9.17) is 14.6 Å². The number of thiazole rings is 1. The summed E-state index contributed by atoms with van der Waals surface area (Å²) in [4.78, 5) is 5.44. The van der Waals surface area contributed by atoms with Crippen LogP contribution in [0.4, 0.5) is 0 Å². The van der Waals surface area contributed by atoms with Gasteiger partial charge >= 0.3 is 0 Å². The molecule has 0 saturated heterocycles. The third kappa shape index (κ3) is 3.28. The second-order valence-electron chi connectivity index (χ2n) is 5.91. The number of hydrogen-bond acceptors (Lipinski definition) is 5. The SMILES string of the molecule is CCN=c1scc(-c2ccc(C)cc2)n1N=Cc1ccc2c(c1)OCO2. The van der Waals surface area contributed by atoms with Crippen molar-refractivity contribution >= 4 is 17.6 Å². The van der Waals surface area contributed by atoms with Crippen LogP contribution in [0.5, 0.6) is 11.5 Å². The average molecular weight is 365 g/mol. The van der Waals surface area contributed by atoms with E-state index in [-0.39, 0.29) is 6.79 Å². The predicted octanol–water partition coefficient (Wildman–Crippen LogP) is 4.06. The van der Waals surface area contributed by atoms with Crippen LogP contribution in [-0.2, 0) is 0 Å². The van der Waals surface area contributed by atoms with Crippen LogP contribution in [0.15, 0.2) is 57.9 Å². The number of ether oxygens (including phenoxy) is 2. The molecule has 0 atom stereocenters. The van der Waals surface area contributed by atoms with Crippen LogP contribution in [0.2, 0.25) is 0 Å². The summed E-state index contributed by atoms with van der Waals surface area (Å²) in [5.41, 5.74) is 4.33. The third-order valence-corrected chi connectivity index (χ3v) is 4.90.